The number of ether oxygens (including phenoxy) is 2. The summed E-state index contributed by atoms with van der Waals surface area (Å²) in [5, 5.41) is 0. The highest BCUT2D eigenvalue weighted by molar-refractivity contribution is 5.21. The van der Waals surface area contributed by atoms with Gasteiger partial charge in [0.05, 0.1) is 13.2 Å². The second-order valence-corrected chi connectivity index (χ2v) is 5.44. The molecule has 0 aliphatic heterocycles. The molecule has 0 saturated heterocycles. The Morgan fingerprint density at radius 2 is 2.00 bits per heavy atom. The molecule has 0 bridgehead atoms. The average molecular weight is 293 g/mol. The van der Waals surface area contributed by atoms with Crippen molar-refractivity contribution >= 4 is 0 Å². The first-order valence-electron chi connectivity index (χ1n) is 7.38. The lowest BCUT2D eigenvalue weighted by atomic mass is 10.0. The van der Waals surface area contributed by atoms with E-state index in [1.807, 2.05) is 37.3 Å². The van der Waals surface area contributed by atoms with Crippen LogP contribution in [-0.4, -0.2) is 31.5 Å². The molecule has 118 valence electrons. The third-order valence-corrected chi connectivity index (χ3v) is 2.79. The van der Waals surface area contributed by atoms with Crippen molar-refractivity contribution in [3.05, 3.63) is 43.0 Å². The minimum Gasteiger partial charge on any atom is -0.488 e. The van der Waals surface area contributed by atoms with Crippen molar-refractivity contribution in [3.8, 4) is 5.75 Å². The highest BCUT2D eigenvalue weighted by atomic mass is 16.7. The van der Waals surface area contributed by atoms with E-state index in [9.17, 15) is 0 Å². The van der Waals surface area contributed by atoms with Crippen molar-refractivity contribution in [3.63, 3.8) is 0 Å². The minimum absolute atomic E-state index is 0.0800. The Morgan fingerprint density at radius 1 is 1.29 bits per heavy atom. The zero-order valence-corrected chi connectivity index (χ0v) is 13.3. The second-order valence-electron chi connectivity index (χ2n) is 5.44. The van der Waals surface area contributed by atoms with Crippen molar-refractivity contribution in [2.45, 2.75) is 38.9 Å². The topological polar surface area (TPSA) is 39.7 Å². The molecule has 0 aliphatic carbocycles. The quantitative estimate of drug-likeness (QED) is 0.386. The van der Waals surface area contributed by atoms with Gasteiger partial charge in [0.2, 0.25) is 0 Å². The van der Waals surface area contributed by atoms with Crippen LogP contribution in [0.5, 0.6) is 5.75 Å². The van der Waals surface area contributed by atoms with E-state index in [4.69, 9.17) is 14.3 Å². The summed E-state index contributed by atoms with van der Waals surface area (Å²) in [5.41, 5.74) is 2.55. The molecule has 0 aliphatic rings. The van der Waals surface area contributed by atoms with Crippen molar-refractivity contribution in [2.24, 2.45) is 0 Å². The van der Waals surface area contributed by atoms with Crippen LogP contribution >= 0.6 is 0 Å². The predicted molar refractivity (Wildman–Crippen MR) is 85.3 cm³/mol. The SMILES string of the molecule is C=CCOCC(CC(C)(C)Oc1ccccc1)ONCC. The van der Waals surface area contributed by atoms with Crippen LogP contribution in [0, 0.1) is 0 Å². The lowest BCUT2D eigenvalue weighted by Crippen LogP contribution is -2.38. The maximum Gasteiger partial charge on any atom is 0.120 e. The zero-order chi connectivity index (χ0) is 15.6. The lowest BCUT2D eigenvalue weighted by Gasteiger charge is -2.30. The molecular formula is C17H27NO3. The molecule has 1 unspecified atom stereocenters. The molecule has 4 heteroatoms. The summed E-state index contributed by atoms with van der Waals surface area (Å²) < 4.78 is 11.5. The van der Waals surface area contributed by atoms with Crippen molar-refractivity contribution < 1.29 is 14.3 Å². The minimum atomic E-state index is -0.348. The summed E-state index contributed by atoms with van der Waals surface area (Å²) in [4.78, 5) is 5.62. The van der Waals surface area contributed by atoms with E-state index in [2.05, 4.69) is 25.9 Å². The highest BCUT2D eigenvalue weighted by Crippen LogP contribution is 2.22. The number of nitrogens with one attached hydrogen (secondary N) is 1. The van der Waals surface area contributed by atoms with E-state index in [0.717, 1.165) is 12.3 Å². The molecule has 0 radical (unpaired) electrons. The summed E-state index contributed by atoms with van der Waals surface area (Å²) in [5.74, 6) is 0.858. The normalized spacial score (nSPS) is 12.9. The molecule has 1 aromatic carbocycles. The van der Waals surface area contributed by atoms with Gasteiger partial charge in [-0.05, 0) is 26.0 Å². The number of hydrogen-bond acceptors (Lipinski definition) is 4. The summed E-state index contributed by atoms with van der Waals surface area (Å²) in [6.45, 7) is 11.5. The van der Waals surface area contributed by atoms with Crippen LogP contribution in [0.25, 0.3) is 0 Å². The molecule has 1 rings (SSSR count). The fourth-order valence-corrected chi connectivity index (χ4v) is 2.02. The van der Waals surface area contributed by atoms with Crippen molar-refractivity contribution in [2.75, 3.05) is 19.8 Å². The molecular weight excluding hydrogens is 266 g/mol. The second kappa shape index (κ2) is 9.55. The Bertz CT molecular complexity index is 392. The van der Waals surface area contributed by atoms with Gasteiger partial charge >= 0.3 is 0 Å². The van der Waals surface area contributed by atoms with Gasteiger partial charge in [0, 0.05) is 13.0 Å². The Hall–Kier alpha value is -1.36. The van der Waals surface area contributed by atoms with Gasteiger partial charge in [0.25, 0.3) is 0 Å². The Kier molecular flexibility index (Phi) is 8.05. The standard InChI is InChI=1S/C17H27NO3/c1-5-12-19-14-16(21-18-6-2)13-17(3,4)20-15-10-8-7-9-11-15/h5,7-11,16,18H,1,6,12-14H2,2-4H3. The van der Waals surface area contributed by atoms with Crippen LogP contribution in [-0.2, 0) is 9.57 Å². The Morgan fingerprint density at radius 3 is 2.62 bits per heavy atom. The average Bonchev–Trinajstić information content (AvgIpc) is 2.45. The van der Waals surface area contributed by atoms with Gasteiger partial charge in [-0.3, -0.25) is 4.84 Å². The molecule has 1 aromatic rings. The molecule has 0 fully saturated rings. The van der Waals surface area contributed by atoms with Gasteiger partial charge in [-0.1, -0.05) is 31.2 Å². The summed E-state index contributed by atoms with van der Waals surface area (Å²) in [6.07, 6.45) is 2.37. The van der Waals surface area contributed by atoms with Crippen LogP contribution in [0.3, 0.4) is 0 Å². The van der Waals surface area contributed by atoms with E-state index in [1.165, 1.54) is 0 Å². The van der Waals surface area contributed by atoms with Gasteiger partial charge in [-0.2, -0.15) is 0 Å². The maximum atomic E-state index is 6.04. The number of benzene rings is 1. The molecule has 0 aromatic heterocycles. The first-order valence-corrected chi connectivity index (χ1v) is 7.38. The fraction of sp³-hybridized carbons (Fsp3) is 0.529. The van der Waals surface area contributed by atoms with Crippen LogP contribution in [0.15, 0.2) is 43.0 Å². The monoisotopic (exact) mass is 293 g/mol. The number of para-hydroxylation sites is 1. The smallest absolute Gasteiger partial charge is 0.120 e. The van der Waals surface area contributed by atoms with Crippen LogP contribution < -0.4 is 10.2 Å². The summed E-state index contributed by atoms with van der Waals surface area (Å²) in [7, 11) is 0. The molecule has 0 amide bonds. The third-order valence-electron chi connectivity index (χ3n) is 2.79. The van der Waals surface area contributed by atoms with E-state index < -0.39 is 0 Å². The van der Waals surface area contributed by atoms with E-state index in [0.29, 0.717) is 19.6 Å². The number of hydroxylamine groups is 1. The van der Waals surface area contributed by atoms with Gasteiger partial charge in [0.15, 0.2) is 0 Å². The molecule has 4 nitrogen and oxygen atoms in total. The van der Waals surface area contributed by atoms with Crippen molar-refractivity contribution in [1.29, 1.82) is 0 Å². The molecule has 1 N–H and O–H groups in total. The maximum absolute atomic E-state index is 6.04. The first-order chi connectivity index (χ1) is 10.1. The first kappa shape index (κ1) is 17.7. The van der Waals surface area contributed by atoms with Crippen LogP contribution in [0.2, 0.25) is 0 Å². The van der Waals surface area contributed by atoms with Crippen LogP contribution in [0.4, 0.5) is 0 Å². The summed E-state index contributed by atoms with van der Waals surface area (Å²) >= 11 is 0. The number of hydrogen-bond donors (Lipinski definition) is 1. The van der Waals surface area contributed by atoms with E-state index in [1.54, 1.807) is 6.08 Å². The molecule has 0 saturated carbocycles. The molecule has 1 atom stereocenters. The highest BCUT2D eigenvalue weighted by Gasteiger charge is 2.26. The molecule has 0 spiro atoms. The van der Waals surface area contributed by atoms with Gasteiger partial charge < -0.3 is 9.47 Å². The molecule has 0 heterocycles. The van der Waals surface area contributed by atoms with E-state index >= 15 is 0 Å². The Balaban J connectivity index is 2.54. The number of rotatable bonds is 11. The lowest BCUT2D eigenvalue weighted by molar-refractivity contribution is -0.0893. The van der Waals surface area contributed by atoms with Crippen molar-refractivity contribution in [1.82, 2.24) is 5.48 Å². The summed E-state index contributed by atoms with van der Waals surface area (Å²) in [6, 6.07) is 9.81. The predicted octanol–water partition coefficient (Wildman–Crippen LogP) is 3.35. The Labute approximate surface area is 128 Å². The zero-order valence-electron chi connectivity index (χ0n) is 13.3. The van der Waals surface area contributed by atoms with Gasteiger partial charge in [0.1, 0.15) is 17.5 Å². The van der Waals surface area contributed by atoms with Gasteiger partial charge in [-0.25, -0.2) is 5.48 Å². The molecule has 21 heavy (non-hydrogen) atoms. The van der Waals surface area contributed by atoms with E-state index in [-0.39, 0.29) is 11.7 Å². The third kappa shape index (κ3) is 7.85. The largest absolute Gasteiger partial charge is 0.488 e. The fourth-order valence-electron chi connectivity index (χ4n) is 2.02. The van der Waals surface area contributed by atoms with Crippen LogP contribution in [0.1, 0.15) is 27.2 Å². The van der Waals surface area contributed by atoms with Gasteiger partial charge in [-0.15, -0.1) is 6.58 Å².